The van der Waals surface area contributed by atoms with Crippen LogP contribution in [0.3, 0.4) is 0 Å². The lowest BCUT2D eigenvalue weighted by atomic mass is 9.96. The molecule has 17 atom stereocenters. The highest BCUT2D eigenvalue weighted by atomic mass is 16.8. The quantitative estimate of drug-likeness (QED) is 0.0373. The third-order valence-corrected chi connectivity index (χ3v) is 9.82. The van der Waals surface area contributed by atoms with Crippen LogP contribution in [0.2, 0.25) is 0 Å². The summed E-state index contributed by atoms with van der Waals surface area (Å²) < 4.78 is 33.6. The lowest BCUT2D eigenvalue weighted by molar-refractivity contribution is -0.379. The number of carbonyl (C=O) groups is 1. The van der Waals surface area contributed by atoms with E-state index in [-0.39, 0.29) is 18.9 Å². The van der Waals surface area contributed by atoms with Crippen molar-refractivity contribution in [3.05, 3.63) is 12.2 Å². The van der Waals surface area contributed by atoms with Crippen molar-refractivity contribution in [2.45, 2.75) is 176 Å². The number of aliphatic hydroxyl groups is 11. The Morgan fingerprint density at radius 3 is 1.70 bits per heavy atom. The highest BCUT2D eigenvalue weighted by Gasteiger charge is 2.53. The molecule has 0 aromatic rings. The Morgan fingerprint density at radius 2 is 1.15 bits per heavy atom. The second-order valence-electron chi connectivity index (χ2n) is 14.0. The summed E-state index contributed by atoms with van der Waals surface area (Å²) in [5, 5.41) is 118. The molecule has 0 aromatic carbocycles. The van der Waals surface area contributed by atoms with E-state index in [9.17, 15) is 61.0 Å². The molecule has 3 aliphatic rings. The summed E-state index contributed by atoms with van der Waals surface area (Å²) in [6.45, 7) is 1.31. The Kier molecular flexibility index (Phi) is 20.6. The van der Waals surface area contributed by atoms with Crippen molar-refractivity contribution >= 4 is 5.91 Å². The van der Waals surface area contributed by atoms with E-state index in [4.69, 9.17) is 28.4 Å². The number of carbonyl (C=O) groups excluding carboxylic acids is 1. The Morgan fingerprint density at radius 1 is 0.648 bits per heavy atom. The van der Waals surface area contributed by atoms with Gasteiger partial charge in [0, 0.05) is 6.42 Å². The molecule has 0 radical (unpaired) electrons. The van der Waals surface area contributed by atoms with E-state index in [2.05, 4.69) is 12.2 Å². The predicted molar refractivity (Wildman–Crippen MR) is 185 cm³/mol. The second kappa shape index (κ2) is 23.7. The van der Waals surface area contributed by atoms with Gasteiger partial charge in [-0.2, -0.15) is 0 Å². The van der Waals surface area contributed by atoms with Crippen molar-refractivity contribution in [1.82, 2.24) is 5.32 Å². The zero-order valence-electron chi connectivity index (χ0n) is 30.9. The predicted octanol–water partition coefficient (Wildman–Crippen LogP) is -3.60. The third kappa shape index (κ3) is 12.8. The van der Waals surface area contributed by atoms with Gasteiger partial charge in [0.15, 0.2) is 18.9 Å². The largest absolute Gasteiger partial charge is 0.394 e. The van der Waals surface area contributed by atoms with Crippen LogP contribution in [0.5, 0.6) is 0 Å². The van der Waals surface area contributed by atoms with Gasteiger partial charge in [-0.05, 0) is 12.8 Å². The van der Waals surface area contributed by atoms with Crippen molar-refractivity contribution in [2.24, 2.45) is 0 Å². The molecule has 0 spiro atoms. The van der Waals surface area contributed by atoms with Crippen LogP contribution in [0.25, 0.3) is 0 Å². The van der Waals surface area contributed by atoms with E-state index in [0.29, 0.717) is 12.8 Å². The average Bonchev–Trinajstić information content (AvgIpc) is 3.16. The molecule has 3 fully saturated rings. The van der Waals surface area contributed by atoms with Crippen molar-refractivity contribution in [3.8, 4) is 0 Å². The molecule has 3 heterocycles. The Balaban J connectivity index is 1.64. The summed E-state index contributed by atoms with van der Waals surface area (Å²) in [4.78, 5) is 12.8. The van der Waals surface area contributed by atoms with Crippen LogP contribution in [0.4, 0.5) is 0 Å². The number of ether oxygens (including phenoxy) is 6. The number of allylic oxidation sites excluding steroid dienone is 1. The second-order valence-corrected chi connectivity index (χ2v) is 14.0. The van der Waals surface area contributed by atoms with Gasteiger partial charge in [0.25, 0.3) is 0 Å². The van der Waals surface area contributed by atoms with Crippen LogP contribution in [-0.4, -0.2) is 193 Å². The molecule has 0 aromatic heterocycles. The standard InChI is InChI=1S/C35H63NO18/c1-3-5-7-8-9-11-13-23(41)36-18(19(40)12-10-6-4-2)17-49-33-29(47)26(44)31(21(15-38)51-33)54-35-30(48)27(45)32(22(16-39)52-35)53-34-28(46)25(43)24(42)20(14-37)50-34/h10,12,18-22,24-35,37-40,42-48H,3-9,11,13-17H2,1-2H3,(H,36,41)/b12-10+. The molecule has 0 bridgehead atoms. The van der Waals surface area contributed by atoms with E-state index in [0.717, 1.165) is 38.5 Å². The van der Waals surface area contributed by atoms with E-state index >= 15 is 0 Å². The van der Waals surface area contributed by atoms with Gasteiger partial charge in [-0.3, -0.25) is 4.79 Å². The summed E-state index contributed by atoms with van der Waals surface area (Å²) >= 11 is 0. The zero-order valence-corrected chi connectivity index (χ0v) is 30.9. The number of amides is 1. The molecule has 0 saturated carbocycles. The third-order valence-electron chi connectivity index (χ3n) is 9.82. The molecule has 3 aliphatic heterocycles. The first-order valence-electron chi connectivity index (χ1n) is 18.9. The highest BCUT2D eigenvalue weighted by molar-refractivity contribution is 5.76. The minimum atomic E-state index is -1.97. The molecule has 12 N–H and O–H groups in total. The number of aliphatic hydroxyl groups excluding tert-OH is 11. The fraction of sp³-hybridized carbons (Fsp3) is 0.914. The topological polar surface area (TPSA) is 307 Å². The summed E-state index contributed by atoms with van der Waals surface area (Å²) in [6, 6.07) is -0.957. The summed E-state index contributed by atoms with van der Waals surface area (Å²) in [7, 11) is 0. The highest BCUT2D eigenvalue weighted by Crippen LogP contribution is 2.32. The number of hydrogen-bond donors (Lipinski definition) is 12. The van der Waals surface area contributed by atoms with Crippen molar-refractivity contribution < 1.29 is 89.4 Å². The molecule has 0 aliphatic carbocycles. The van der Waals surface area contributed by atoms with Gasteiger partial charge in [0.1, 0.15) is 73.2 Å². The van der Waals surface area contributed by atoms with Crippen molar-refractivity contribution in [2.75, 3.05) is 26.4 Å². The Bertz CT molecular complexity index is 1080. The fourth-order valence-corrected chi connectivity index (χ4v) is 6.49. The van der Waals surface area contributed by atoms with Crippen LogP contribution in [0.15, 0.2) is 12.2 Å². The molecular weight excluding hydrogens is 722 g/mol. The monoisotopic (exact) mass is 785 g/mol. The van der Waals surface area contributed by atoms with Gasteiger partial charge in [-0.1, -0.05) is 64.5 Å². The molecule has 316 valence electrons. The molecular formula is C35H63NO18. The van der Waals surface area contributed by atoms with Gasteiger partial charge in [0.05, 0.1) is 38.6 Å². The van der Waals surface area contributed by atoms with Crippen LogP contribution in [0.1, 0.15) is 71.6 Å². The van der Waals surface area contributed by atoms with E-state index in [1.54, 1.807) is 6.08 Å². The van der Waals surface area contributed by atoms with Crippen molar-refractivity contribution in [3.63, 3.8) is 0 Å². The molecule has 54 heavy (non-hydrogen) atoms. The van der Waals surface area contributed by atoms with Crippen LogP contribution in [-0.2, 0) is 33.2 Å². The number of hydrogen-bond acceptors (Lipinski definition) is 18. The molecule has 19 nitrogen and oxygen atoms in total. The maximum absolute atomic E-state index is 12.8. The molecule has 1 amide bonds. The van der Waals surface area contributed by atoms with Crippen molar-refractivity contribution in [1.29, 1.82) is 0 Å². The van der Waals surface area contributed by atoms with Gasteiger partial charge >= 0.3 is 0 Å². The normalized spacial score (nSPS) is 38.7. The van der Waals surface area contributed by atoms with E-state index in [1.165, 1.54) is 6.08 Å². The van der Waals surface area contributed by atoms with Gasteiger partial charge in [-0.25, -0.2) is 0 Å². The maximum atomic E-state index is 12.8. The van der Waals surface area contributed by atoms with E-state index < -0.39 is 124 Å². The maximum Gasteiger partial charge on any atom is 0.220 e. The minimum Gasteiger partial charge on any atom is -0.394 e. The molecule has 3 saturated heterocycles. The first-order valence-corrected chi connectivity index (χ1v) is 18.9. The van der Waals surface area contributed by atoms with Crippen LogP contribution in [0, 0.1) is 0 Å². The summed E-state index contributed by atoms with van der Waals surface area (Å²) in [5.74, 6) is -0.302. The summed E-state index contributed by atoms with van der Waals surface area (Å²) in [6.07, 6.45) is -15.8. The molecule has 3 rings (SSSR count). The molecule has 17 unspecified atom stereocenters. The number of nitrogens with one attached hydrogen (secondary N) is 1. The van der Waals surface area contributed by atoms with Gasteiger partial charge in [-0.15, -0.1) is 0 Å². The van der Waals surface area contributed by atoms with Gasteiger partial charge in [0.2, 0.25) is 5.91 Å². The van der Waals surface area contributed by atoms with E-state index in [1.807, 2.05) is 6.92 Å². The van der Waals surface area contributed by atoms with Crippen LogP contribution < -0.4 is 5.32 Å². The zero-order chi connectivity index (χ0) is 39.9. The summed E-state index contributed by atoms with van der Waals surface area (Å²) in [5.41, 5.74) is 0. The number of unbranched alkanes of at least 4 members (excludes halogenated alkanes) is 6. The fourth-order valence-electron chi connectivity index (χ4n) is 6.49. The Labute approximate surface area is 315 Å². The minimum absolute atomic E-state index is 0.239. The molecule has 19 heteroatoms. The smallest absolute Gasteiger partial charge is 0.220 e. The Hall–Kier alpha value is -1.47. The van der Waals surface area contributed by atoms with Crippen LogP contribution >= 0.6 is 0 Å². The first kappa shape index (κ1) is 46.9. The lowest BCUT2D eigenvalue weighted by Crippen LogP contribution is -2.66. The first-order chi connectivity index (χ1) is 25.8. The number of rotatable bonds is 22. The van der Waals surface area contributed by atoms with Gasteiger partial charge < -0.3 is 89.9 Å². The average molecular weight is 786 g/mol. The lowest BCUT2D eigenvalue weighted by Gasteiger charge is -2.48. The SMILES string of the molecule is CCC/C=C/C(O)C(COC1OC(CO)C(OC2OC(CO)C(OC3OC(CO)C(O)C(O)C3O)C(O)C2O)C(O)C1O)NC(=O)CCCCCCCC.